The van der Waals surface area contributed by atoms with Crippen LogP contribution in [0.15, 0.2) is 5.38 Å². The number of thioether (sulfide) groups is 1. The van der Waals surface area contributed by atoms with E-state index in [4.69, 9.17) is 10.3 Å². The maximum absolute atomic E-state index is 10.6. The SMILES string of the molecule is CSC([CH]S(=O)(=O)O)c1csc(N)n1. The van der Waals surface area contributed by atoms with E-state index >= 15 is 0 Å². The van der Waals surface area contributed by atoms with E-state index in [-0.39, 0.29) is 0 Å². The summed E-state index contributed by atoms with van der Waals surface area (Å²) in [4.78, 5) is 3.93. The van der Waals surface area contributed by atoms with Crippen molar-refractivity contribution in [3.8, 4) is 0 Å². The highest BCUT2D eigenvalue weighted by atomic mass is 32.2. The van der Waals surface area contributed by atoms with E-state index in [0.717, 1.165) is 5.75 Å². The second kappa shape index (κ2) is 4.47. The van der Waals surface area contributed by atoms with Crippen molar-refractivity contribution in [2.45, 2.75) is 5.25 Å². The summed E-state index contributed by atoms with van der Waals surface area (Å²) in [5.74, 6) is 0.839. The van der Waals surface area contributed by atoms with Gasteiger partial charge in [0.2, 0.25) is 0 Å². The fourth-order valence-electron chi connectivity index (χ4n) is 0.834. The van der Waals surface area contributed by atoms with Gasteiger partial charge in [0.1, 0.15) is 5.75 Å². The molecule has 0 amide bonds. The normalized spacial score (nSPS) is 14.1. The molecule has 1 atom stereocenters. The van der Waals surface area contributed by atoms with Crippen molar-refractivity contribution < 1.29 is 13.0 Å². The summed E-state index contributed by atoms with van der Waals surface area (Å²) in [6.07, 6.45) is 1.72. The predicted octanol–water partition coefficient (Wildman–Crippen LogP) is 1.18. The van der Waals surface area contributed by atoms with Gasteiger partial charge in [-0.15, -0.1) is 11.3 Å². The maximum atomic E-state index is 10.6. The summed E-state index contributed by atoms with van der Waals surface area (Å²) in [6.45, 7) is 0. The number of aromatic nitrogens is 1. The zero-order valence-corrected chi connectivity index (χ0v) is 9.69. The van der Waals surface area contributed by atoms with E-state index < -0.39 is 15.4 Å². The fourth-order valence-corrected chi connectivity index (χ4v) is 3.20. The Bertz CT molecular complexity index is 400. The van der Waals surface area contributed by atoms with Crippen LogP contribution in [0, 0.1) is 5.75 Å². The van der Waals surface area contributed by atoms with Crippen LogP contribution in [0.25, 0.3) is 0 Å². The molecule has 1 unspecified atom stereocenters. The average molecular weight is 253 g/mol. The molecule has 79 valence electrons. The summed E-state index contributed by atoms with van der Waals surface area (Å²) in [5.41, 5.74) is 5.95. The smallest absolute Gasteiger partial charge is 0.270 e. The molecule has 0 bridgehead atoms. The molecule has 0 spiro atoms. The lowest BCUT2D eigenvalue weighted by Crippen LogP contribution is -2.05. The molecule has 14 heavy (non-hydrogen) atoms. The molecule has 0 aliphatic heterocycles. The molecule has 0 aliphatic rings. The molecule has 1 aromatic heterocycles. The van der Waals surface area contributed by atoms with Gasteiger partial charge >= 0.3 is 0 Å². The quantitative estimate of drug-likeness (QED) is 0.783. The van der Waals surface area contributed by atoms with Gasteiger partial charge < -0.3 is 5.73 Å². The molecule has 1 aromatic rings. The van der Waals surface area contributed by atoms with Crippen LogP contribution in [0.1, 0.15) is 10.9 Å². The number of nitrogens with zero attached hydrogens (tertiary/aromatic N) is 1. The first kappa shape index (κ1) is 11.8. The van der Waals surface area contributed by atoms with Crippen molar-refractivity contribution in [2.75, 3.05) is 12.0 Å². The van der Waals surface area contributed by atoms with Crippen molar-refractivity contribution in [3.63, 3.8) is 0 Å². The van der Waals surface area contributed by atoms with E-state index in [0.29, 0.717) is 10.8 Å². The number of nitrogen functional groups attached to an aromatic ring is 1. The molecule has 0 saturated heterocycles. The Morgan fingerprint density at radius 1 is 1.79 bits per heavy atom. The zero-order chi connectivity index (χ0) is 10.8. The summed E-state index contributed by atoms with van der Waals surface area (Å²) >= 11 is 2.49. The molecule has 1 radical (unpaired) electrons. The minimum Gasteiger partial charge on any atom is -0.375 e. The lowest BCUT2D eigenvalue weighted by Gasteiger charge is -2.07. The van der Waals surface area contributed by atoms with E-state index in [1.807, 2.05) is 0 Å². The van der Waals surface area contributed by atoms with Crippen molar-refractivity contribution in [1.29, 1.82) is 0 Å². The number of hydrogen-bond acceptors (Lipinski definition) is 6. The van der Waals surface area contributed by atoms with Crippen molar-refractivity contribution in [1.82, 2.24) is 4.98 Å². The average Bonchev–Trinajstić information content (AvgIpc) is 2.46. The second-order valence-electron chi connectivity index (χ2n) is 2.42. The molecule has 0 aliphatic carbocycles. The first-order valence-electron chi connectivity index (χ1n) is 3.48. The maximum Gasteiger partial charge on any atom is 0.270 e. The number of nitrogens with two attached hydrogens (primary N) is 1. The topological polar surface area (TPSA) is 93.3 Å². The van der Waals surface area contributed by atoms with Crippen LogP contribution in [0.5, 0.6) is 0 Å². The van der Waals surface area contributed by atoms with Gasteiger partial charge in [0.05, 0.1) is 10.9 Å². The van der Waals surface area contributed by atoms with E-state index in [1.54, 1.807) is 11.6 Å². The van der Waals surface area contributed by atoms with E-state index in [1.165, 1.54) is 23.1 Å². The Kier molecular flexibility index (Phi) is 3.76. The number of hydrogen-bond donors (Lipinski definition) is 2. The molecule has 1 rings (SSSR count). The third-order valence-corrected chi connectivity index (χ3v) is 3.75. The summed E-state index contributed by atoms with van der Waals surface area (Å²) in [6, 6.07) is 0. The van der Waals surface area contributed by atoms with Crippen LogP contribution in [0.3, 0.4) is 0 Å². The third kappa shape index (κ3) is 3.45. The van der Waals surface area contributed by atoms with Crippen LogP contribution < -0.4 is 5.73 Å². The Morgan fingerprint density at radius 3 is 2.79 bits per heavy atom. The summed E-state index contributed by atoms with van der Waals surface area (Å²) in [5, 5.41) is 1.55. The third-order valence-electron chi connectivity index (χ3n) is 1.38. The highest BCUT2D eigenvalue weighted by Crippen LogP contribution is 2.32. The first-order valence-corrected chi connectivity index (χ1v) is 7.15. The van der Waals surface area contributed by atoms with Gasteiger partial charge in [0.15, 0.2) is 5.13 Å². The number of anilines is 1. The Labute approximate surface area is 90.5 Å². The zero-order valence-electron chi connectivity index (χ0n) is 7.25. The van der Waals surface area contributed by atoms with Gasteiger partial charge in [-0.1, -0.05) is 0 Å². The van der Waals surface area contributed by atoms with Crippen LogP contribution in [-0.4, -0.2) is 24.2 Å². The Hall–Kier alpha value is -0.310. The Morgan fingerprint density at radius 2 is 2.43 bits per heavy atom. The van der Waals surface area contributed by atoms with Gasteiger partial charge in [0.25, 0.3) is 10.1 Å². The van der Waals surface area contributed by atoms with E-state index in [9.17, 15) is 8.42 Å². The molecule has 3 N–H and O–H groups in total. The van der Waals surface area contributed by atoms with Gasteiger partial charge in [-0.25, -0.2) is 4.98 Å². The van der Waals surface area contributed by atoms with Crippen molar-refractivity contribution in [3.05, 3.63) is 16.8 Å². The molecule has 0 fully saturated rings. The number of thiazole rings is 1. The van der Waals surface area contributed by atoms with Crippen LogP contribution >= 0.6 is 23.1 Å². The molecule has 1 heterocycles. The minimum atomic E-state index is -4.10. The van der Waals surface area contributed by atoms with Crippen molar-refractivity contribution in [2.24, 2.45) is 0 Å². The number of rotatable bonds is 4. The Balaban J connectivity index is 2.83. The largest absolute Gasteiger partial charge is 0.375 e. The molecular weight excluding hydrogens is 244 g/mol. The van der Waals surface area contributed by atoms with Crippen LogP contribution in [0.2, 0.25) is 0 Å². The second-order valence-corrected chi connectivity index (χ2v) is 5.59. The monoisotopic (exact) mass is 253 g/mol. The van der Waals surface area contributed by atoms with Gasteiger partial charge in [-0.2, -0.15) is 20.2 Å². The molecule has 0 saturated carbocycles. The minimum absolute atomic E-state index is 0.378. The molecule has 5 nitrogen and oxygen atoms in total. The standard InChI is InChI=1S/C6H9N2O3S3/c1-12-5(3-14(9,10)11)4-2-13-6(7)8-4/h2-3,5H,1H3,(H2,7,8)(H,9,10,11). The first-order chi connectivity index (χ1) is 6.42. The lowest BCUT2D eigenvalue weighted by atomic mass is 10.4. The van der Waals surface area contributed by atoms with Gasteiger partial charge in [-0.3, -0.25) is 4.55 Å². The van der Waals surface area contributed by atoms with E-state index in [2.05, 4.69) is 4.98 Å². The molecule has 0 aromatic carbocycles. The summed E-state index contributed by atoms with van der Waals surface area (Å²) < 4.78 is 29.9. The van der Waals surface area contributed by atoms with Crippen molar-refractivity contribution >= 4 is 38.3 Å². The lowest BCUT2D eigenvalue weighted by molar-refractivity contribution is 0.489. The molecule has 8 heteroatoms. The van der Waals surface area contributed by atoms with Crippen LogP contribution in [-0.2, 0) is 10.1 Å². The van der Waals surface area contributed by atoms with Gasteiger partial charge in [0, 0.05) is 5.38 Å². The highest BCUT2D eigenvalue weighted by molar-refractivity contribution is 8.00. The predicted molar refractivity (Wildman–Crippen MR) is 58.6 cm³/mol. The molecular formula is C6H9N2O3S3. The highest BCUT2D eigenvalue weighted by Gasteiger charge is 2.20. The van der Waals surface area contributed by atoms with Gasteiger partial charge in [-0.05, 0) is 6.26 Å². The summed E-state index contributed by atoms with van der Waals surface area (Å²) in [7, 11) is -4.10. The van der Waals surface area contributed by atoms with Crippen LogP contribution in [0.4, 0.5) is 5.13 Å². The fraction of sp³-hybridized carbons (Fsp3) is 0.333.